The van der Waals surface area contributed by atoms with Crippen molar-refractivity contribution in [1.82, 2.24) is 5.32 Å². The molecule has 2 N–H and O–H groups in total. The summed E-state index contributed by atoms with van der Waals surface area (Å²) in [5, 5.41) is 11.7. The van der Waals surface area contributed by atoms with Crippen molar-refractivity contribution in [1.29, 1.82) is 0 Å². The van der Waals surface area contributed by atoms with Gasteiger partial charge in [0.05, 0.1) is 5.92 Å². The van der Waals surface area contributed by atoms with Gasteiger partial charge in [0.25, 0.3) is 0 Å². The normalized spacial score (nSPS) is 12.8. The standard InChI is InChI=1S/C10H21NO2/c1-3-4-5-6-7-11-8-9(2)10(12)13/h9,11H,3-8H2,1-2H3,(H,12,13). The van der Waals surface area contributed by atoms with Crippen molar-refractivity contribution in [2.24, 2.45) is 5.92 Å². The van der Waals surface area contributed by atoms with E-state index in [4.69, 9.17) is 5.11 Å². The highest BCUT2D eigenvalue weighted by Gasteiger charge is 2.08. The molecule has 0 radical (unpaired) electrons. The lowest BCUT2D eigenvalue weighted by Gasteiger charge is -2.07. The quantitative estimate of drug-likeness (QED) is 0.570. The summed E-state index contributed by atoms with van der Waals surface area (Å²) >= 11 is 0. The summed E-state index contributed by atoms with van der Waals surface area (Å²) in [5.74, 6) is -0.993. The second-order valence-electron chi connectivity index (χ2n) is 3.50. The van der Waals surface area contributed by atoms with Crippen LogP contribution in [0.1, 0.15) is 39.5 Å². The molecule has 3 heteroatoms. The van der Waals surface area contributed by atoms with E-state index in [0.717, 1.165) is 13.0 Å². The molecule has 0 bridgehead atoms. The lowest BCUT2D eigenvalue weighted by atomic mass is 10.2. The van der Waals surface area contributed by atoms with Crippen LogP contribution < -0.4 is 5.32 Å². The van der Waals surface area contributed by atoms with Gasteiger partial charge in [-0.05, 0) is 13.0 Å². The molecule has 0 saturated heterocycles. The SMILES string of the molecule is CCCCCCNCC(C)C(=O)O. The maximum Gasteiger partial charge on any atom is 0.307 e. The van der Waals surface area contributed by atoms with E-state index in [1.807, 2.05) is 0 Å². The Balaban J connectivity index is 3.11. The Labute approximate surface area is 80.5 Å². The van der Waals surface area contributed by atoms with Gasteiger partial charge >= 0.3 is 5.97 Å². The van der Waals surface area contributed by atoms with Crippen LogP contribution in [0.15, 0.2) is 0 Å². The van der Waals surface area contributed by atoms with Crippen LogP contribution in [0.2, 0.25) is 0 Å². The zero-order chi connectivity index (χ0) is 10.1. The van der Waals surface area contributed by atoms with Gasteiger partial charge in [0.2, 0.25) is 0 Å². The molecule has 0 fully saturated rings. The summed E-state index contributed by atoms with van der Waals surface area (Å²) in [6, 6.07) is 0. The second-order valence-corrected chi connectivity index (χ2v) is 3.50. The maximum absolute atomic E-state index is 10.4. The van der Waals surface area contributed by atoms with Crippen LogP contribution in [-0.2, 0) is 4.79 Å². The first kappa shape index (κ1) is 12.4. The van der Waals surface area contributed by atoms with Crippen molar-refractivity contribution < 1.29 is 9.90 Å². The molecule has 0 aromatic heterocycles. The van der Waals surface area contributed by atoms with Crippen molar-refractivity contribution in [3.63, 3.8) is 0 Å². The molecule has 13 heavy (non-hydrogen) atoms. The number of hydrogen-bond acceptors (Lipinski definition) is 2. The van der Waals surface area contributed by atoms with Crippen molar-refractivity contribution >= 4 is 5.97 Å². The molecule has 0 heterocycles. The third-order valence-corrected chi connectivity index (χ3v) is 2.08. The Kier molecular flexibility index (Phi) is 7.69. The van der Waals surface area contributed by atoms with Gasteiger partial charge in [-0.3, -0.25) is 4.79 Å². The molecule has 1 atom stereocenters. The van der Waals surface area contributed by atoms with Gasteiger partial charge in [-0.1, -0.05) is 33.1 Å². The number of carboxylic acid groups (broad SMARTS) is 1. The number of rotatable bonds is 8. The van der Waals surface area contributed by atoms with Crippen molar-refractivity contribution in [2.75, 3.05) is 13.1 Å². The maximum atomic E-state index is 10.4. The fourth-order valence-electron chi connectivity index (χ4n) is 1.08. The summed E-state index contributed by atoms with van der Waals surface area (Å²) in [6.45, 7) is 5.43. The lowest BCUT2D eigenvalue weighted by Crippen LogP contribution is -2.26. The van der Waals surface area contributed by atoms with Crippen LogP contribution >= 0.6 is 0 Å². The fourth-order valence-corrected chi connectivity index (χ4v) is 1.08. The summed E-state index contributed by atoms with van der Waals surface area (Å²) in [4.78, 5) is 10.4. The van der Waals surface area contributed by atoms with Crippen molar-refractivity contribution in [2.45, 2.75) is 39.5 Å². The smallest absolute Gasteiger partial charge is 0.307 e. The third-order valence-electron chi connectivity index (χ3n) is 2.08. The minimum Gasteiger partial charge on any atom is -0.481 e. The van der Waals surface area contributed by atoms with E-state index in [-0.39, 0.29) is 5.92 Å². The van der Waals surface area contributed by atoms with Gasteiger partial charge in [-0.25, -0.2) is 0 Å². The molecule has 78 valence electrons. The lowest BCUT2D eigenvalue weighted by molar-refractivity contribution is -0.140. The second kappa shape index (κ2) is 8.05. The van der Waals surface area contributed by atoms with E-state index < -0.39 is 5.97 Å². The molecular weight excluding hydrogens is 166 g/mol. The van der Waals surface area contributed by atoms with Crippen LogP contribution in [0.25, 0.3) is 0 Å². The van der Waals surface area contributed by atoms with Gasteiger partial charge in [0.15, 0.2) is 0 Å². The fraction of sp³-hybridized carbons (Fsp3) is 0.900. The van der Waals surface area contributed by atoms with E-state index in [2.05, 4.69) is 12.2 Å². The zero-order valence-electron chi connectivity index (χ0n) is 8.68. The molecule has 0 aliphatic carbocycles. The van der Waals surface area contributed by atoms with Crippen molar-refractivity contribution in [3.05, 3.63) is 0 Å². The molecule has 0 rings (SSSR count). The highest BCUT2D eigenvalue weighted by Crippen LogP contribution is 1.97. The Morgan fingerprint density at radius 3 is 2.62 bits per heavy atom. The third kappa shape index (κ3) is 7.78. The van der Waals surface area contributed by atoms with Gasteiger partial charge in [-0.15, -0.1) is 0 Å². The highest BCUT2D eigenvalue weighted by molar-refractivity contribution is 5.69. The predicted molar refractivity (Wildman–Crippen MR) is 53.8 cm³/mol. The highest BCUT2D eigenvalue weighted by atomic mass is 16.4. The number of carbonyl (C=O) groups is 1. The molecule has 1 unspecified atom stereocenters. The molecule has 0 aliphatic heterocycles. The molecule has 0 aliphatic rings. The van der Waals surface area contributed by atoms with Crippen LogP contribution in [0.4, 0.5) is 0 Å². The Bertz CT molecular complexity index is 137. The van der Waals surface area contributed by atoms with Crippen LogP contribution in [0, 0.1) is 5.92 Å². The Hall–Kier alpha value is -0.570. The predicted octanol–water partition coefficient (Wildman–Crippen LogP) is 1.88. The van der Waals surface area contributed by atoms with Crippen molar-refractivity contribution in [3.8, 4) is 0 Å². The number of carboxylic acids is 1. The Morgan fingerprint density at radius 2 is 2.08 bits per heavy atom. The van der Waals surface area contributed by atoms with E-state index in [1.165, 1.54) is 19.3 Å². The molecule has 0 amide bonds. The molecule has 0 saturated carbocycles. The van der Waals surface area contributed by atoms with E-state index in [9.17, 15) is 4.79 Å². The van der Waals surface area contributed by atoms with E-state index in [0.29, 0.717) is 6.54 Å². The molecule has 0 aromatic carbocycles. The largest absolute Gasteiger partial charge is 0.481 e. The molecule has 0 spiro atoms. The first-order valence-corrected chi connectivity index (χ1v) is 5.12. The number of aliphatic carboxylic acids is 1. The summed E-state index contributed by atoms with van der Waals surface area (Å²) in [5.41, 5.74) is 0. The number of unbranched alkanes of at least 4 members (excludes halogenated alkanes) is 3. The first-order valence-electron chi connectivity index (χ1n) is 5.12. The average Bonchev–Trinajstić information content (AvgIpc) is 2.10. The van der Waals surface area contributed by atoms with E-state index >= 15 is 0 Å². The molecule has 3 nitrogen and oxygen atoms in total. The zero-order valence-corrected chi connectivity index (χ0v) is 8.68. The van der Waals surface area contributed by atoms with Gasteiger partial charge < -0.3 is 10.4 Å². The van der Waals surface area contributed by atoms with Gasteiger partial charge in [0.1, 0.15) is 0 Å². The first-order chi connectivity index (χ1) is 6.18. The van der Waals surface area contributed by atoms with Crippen LogP contribution in [0.5, 0.6) is 0 Å². The van der Waals surface area contributed by atoms with Crippen LogP contribution in [0.3, 0.4) is 0 Å². The number of hydrogen-bond donors (Lipinski definition) is 2. The van der Waals surface area contributed by atoms with Crippen LogP contribution in [-0.4, -0.2) is 24.2 Å². The summed E-state index contributed by atoms with van der Waals surface area (Å²) in [7, 11) is 0. The summed E-state index contributed by atoms with van der Waals surface area (Å²) in [6.07, 6.45) is 4.91. The molecular formula is C10H21NO2. The van der Waals surface area contributed by atoms with Gasteiger partial charge in [0, 0.05) is 6.54 Å². The Morgan fingerprint density at radius 1 is 1.38 bits per heavy atom. The number of nitrogens with one attached hydrogen (secondary N) is 1. The summed E-state index contributed by atoms with van der Waals surface area (Å²) < 4.78 is 0. The monoisotopic (exact) mass is 187 g/mol. The minimum absolute atomic E-state index is 0.272. The van der Waals surface area contributed by atoms with Gasteiger partial charge in [-0.2, -0.15) is 0 Å². The minimum atomic E-state index is -0.721. The average molecular weight is 187 g/mol. The topological polar surface area (TPSA) is 49.3 Å². The van der Waals surface area contributed by atoms with E-state index in [1.54, 1.807) is 6.92 Å². The molecule has 0 aromatic rings.